The predicted molar refractivity (Wildman–Crippen MR) is 73.9 cm³/mol. The maximum atomic E-state index is 13.1. The molecule has 6 heteroatoms. The lowest BCUT2D eigenvalue weighted by Crippen LogP contribution is -2.30. The van der Waals surface area contributed by atoms with Gasteiger partial charge >= 0.3 is 6.18 Å². The van der Waals surface area contributed by atoms with E-state index in [0.717, 1.165) is 6.42 Å². The van der Waals surface area contributed by atoms with E-state index in [4.69, 9.17) is 4.74 Å². The maximum absolute atomic E-state index is 13.1. The molecule has 20 heavy (non-hydrogen) atoms. The van der Waals surface area contributed by atoms with Gasteiger partial charge in [-0.15, -0.1) is 11.8 Å². The van der Waals surface area contributed by atoms with E-state index in [1.165, 1.54) is 17.8 Å². The third-order valence-corrected chi connectivity index (χ3v) is 4.17. The fraction of sp³-hybridized carbons (Fsp3) is 0.571. The molecule has 1 heterocycles. The van der Waals surface area contributed by atoms with Crippen LogP contribution < -0.4 is 5.32 Å². The number of thioether (sulfide) groups is 1. The topological polar surface area (TPSA) is 21.3 Å². The van der Waals surface area contributed by atoms with Gasteiger partial charge in [0.1, 0.15) is 0 Å². The molecule has 0 amide bonds. The van der Waals surface area contributed by atoms with Crippen LogP contribution in [0, 0.1) is 0 Å². The molecule has 1 aromatic carbocycles. The molecule has 112 valence electrons. The Balaban J connectivity index is 2.13. The van der Waals surface area contributed by atoms with Crippen molar-refractivity contribution >= 4 is 11.8 Å². The van der Waals surface area contributed by atoms with Crippen LogP contribution in [0.5, 0.6) is 0 Å². The SMILES string of the molecule is CCCNCc1ccc(SC2COC2)cc1C(F)(F)F. The van der Waals surface area contributed by atoms with Crippen molar-refractivity contribution in [1.29, 1.82) is 0 Å². The zero-order valence-electron chi connectivity index (χ0n) is 11.3. The molecule has 0 aliphatic carbocycles. The molecule has 0 saturated carbocycles. The number of halogens is 3. The first kappa shape index (κ1) is 15.7. The van der Waals surface area contributed by atoms with Gasteiger partial charge in [-0.3, -0.25) is 0 Å². The van der Waals surface area contributed by atoms with E-state index in [9.17, 15) is 13.2 Å². The lowest BCUT2D eigenvalue weighted by atomic mass is 10.1. The molecule has 0 atom stereocenters. The van der Waals surface area contributed by atoms with E-state index in [0.29, 0.717) is 30.2 Å². The van der Waals surface area contributed by atoms with Crippen LogP contribution >= 0.6 is 11.8 Å². The quantitative estimate of drug-likeness (QED) is 0.810. The van der Waals surface area contributed by atoms with Gasteiger partial charge in [0.15, 0.2) is 0 Å². The van der Waals surface area contributed by atoms with Gasteiger partial charge in [0, 0.05) is 11.4 Å². The maximum Gasteiger partial charge on any atom is 0.416 e. The molecule has 2 nitrogen and oxygen atoms in total. The van der Waals surface area contributed by atoms with Crippen LogP contribution in [0.15, 0.2) is 23.1 Å². The third-order valence-electron chi connectivity index (χ3n) is 3.04. The second-order valence-corrected chi connectivity index (χ2v) is 6.14. The monoisotopic (exact) mass is 305 g/mol. The molecule has 1 aliphatic rings. The second kappa shape index (κ2) is 6.83. The molecule has 0 radical (unpaired) electrons. The first-order valence-corrected chi connectivity index (χ1v) is 7.54. The zero-order valence-corrected chi connectivity index (χ0v) is 12.1. The van der Waals surface area contributed by atoms with Gasteiger partial charge in [-0.05, 0) is 30.7 Å². The van der Waals surface area contributed by atoms with E-state index in [1.807, 2.05) is 6.92 Å². The summed E-state index contributed by atoms with van der Waals surface area (Å²) in [6, 6.07) is 4.60. The molecule has 0 unspecified atom stereocenters. The number of ether oxygens (including phenoxy) is 1. The standard InChI is InChI=1S/C14H18F3NOS/c1-2-5-18-7-10-3-4-11(20-12-8-19-9-12)6-13(10)14(15,16)17/h3-4,6,12,18H,2,5,7-9H2,1H3. The van der Waals surface area contributed by atoms with Crippen molar-refractivity contribution in [3.8, 4) is 0 Å². The Morgan fingerprint density at radius 2 is 2.10 bits per heavy atom. The smallest absolute Gasteiger partial charge is 0.379 e. The normalized spacial score (nSPS) is 16.2. The van der Waals surface area contributed by atoms with Gasteiger partial charge in [0.25, 0.3) is 0 Å². The Bertz CT molecular complexity index is 447. The number of alkyl halides is 3. The summed E-state index contributed by atoms with van der Waals surface area (Å²) >= 11 is 1.45. The third kappa shape index (κ3) is 4.14. The average molecular weight is 305 g/mol. The van der Waals surface area contributed by atoms with Crippen LogP contribution in [0.3, 0.4) is 0 Å². The average Bonchev–Trinajstić information content (AvgIpc) is 2.34. The lowest BCUT2D eigenvalue weighted by molar-refractivity contribution is -0.138. The van der Waals surface area contributed by atoms with Gasteiger partial charge < -0.3 is 10.1 Å². The Morgan fingerprint density at radius 1 is 1.35 bits per heavy atom. The first-order chi connectivity index (χ1) is 9.50. The van der Waals surface area contributed by atoms with Gasteiger partial charge in [0.05, 0.1) is 24.0 Å². The van der Waals surface area contributed by atoms with Crippen molar-refractivity contribution in [3.63, 3.8) is 0 Å². The Labute approximate surface area is 121 Å². The number of rotatable bonds is 6. The minimum Gasteiger partial charge on any atom is -0.379 e. The van der Waals surface area contributed by atoms with Gasteiger partial charge in [-0.25, -0.2) is 0 Å². The highest BCUT2D eigenvalue weighted by molar-refractivity contribution is 8.00. The summed E-state index contributed by atoms with van der Waals surface area (Å²) in [4.78, 5) is 0.657. The summed E-state index contributed by atoms with van der Waals surface area (Å²) in [6.45, 7) is 4.18. The van der Waals surface area contributed by atoms with E-state index >= 15 is 0 Å². The molecular weight excluding hydrogens is 287 g/mol. The minimum atomic E-state index is -4.31. The van der Waals surface area contributed by atoms with Crippen molar-refractivity contribution in [1.82, 2.24) is 5.32 Å². The minimum absolute atomic E-state index is 0.250. The summed E-state index contributed by atoms with van der Waals surface area (Å²) in [6.07, 6.45) is -3.41. The summed E-state index contributed by atoms with van der Waals surface area (Å²) < 4.78 is 44.4. The van der Waals surface area contributed by atoms with E-state index < -0.39 is 11.7 Å². The summed E-state index contributed by atoms with van der Waals surface area (Å²) in [5, 5.41) is 3.30. The molecule has 0 bridgehead atoms. The molecule has 1 N–H and O–H groups in total. The van der Waals surface area contributed by atoms with Crippen molar-refractivity contribution < 1.29 is 17.9 Å². The lowest BCUT2D eigenvalue weighted by Gasteiger charge is -2.25. The Morgan fingerprint density at radius 3 is 2.65 bits per heavy atom. The largest absolute Gasteiger partial charge is 0.416 e. The number of hydrogen-bond donors (Lipinski definition) is 1. The van der Waals surface area contributed by atoms with Crippen molar-refractivity contribution in [2.75, 3.05) is 19.8 Å². The van der Waals surface area contributed by atoms with Crippen molar-refractivity contribution in [2.24, 2.45) is 0 Å². The highest BCUT2D eigenvalue weighted by Crippen LogP contribution is 2.36. The van der Waals surface area contributed by atoms with Crippen molar-refractivity contribution in [2.45, 2.75) is 36.2 Å². The highest BCUT2D eigenvalue weighted by Gasteiger charge is 2.33. The molecule has 2 rings (SSSR count). The van der Waals surface area contributed by atoms with E-state index in [1.54, 1.807) is 12.1 Å². The van der Waals surface area contributed by atoms with E-state index in [2.05, 4.69) is 5.32 Å². The first-order valence-electron chi connectivity index (χ1n) is 6.66. The molecule has 1 fully saturated rings. The molecule has 1 saturated heterocycles. The van der Waals surface area contributed by atoms with E-state index in [-0.39, 0.29) is 11.8 Å². The second-order valence-electron chi connectivity index (χ2n) is 4.77. The number of hydrogen-bond acceptors (Lipinski definition) is 3. The Kier molecular flexibility index (Phi) is 5.35. The summed E-state index contributed by atoms with van der Waals surface area (Å²) in [5.41, 5.74) is -0.230. The van der Waals surface area contributed by atoms with Gasteiger partial charge in [-0.1, -0.05) is 13.0 Å². The fourth-order valence-electron chi connectivity index (χ4n) is 1.92. The summed E-state index contributed by atoms with van der Waals surface area (Å²) in [7, 11) is 0. The molecule has 1 aromatic rings. The fourth-order valence-corrected chi connectivity index (χ4v) is 2.97. The molecule has 0 spiro atoms. The van der Waals surface area contributed by atoms with Crippen LogP contribution in [-0.4, -0.2) is 25.0 Å². The zero-order chi connectivity index (χ0) is 14.6. The highest BCUT2D eigenvalue weighted by atomic mass is 32.2. The van der Waals surface area contributed by atoms with Gasteiger partial charge in [0.2, 0.25) is 0 Å². The van der Waals surface area contributed by atoms with Crippen LogP contribution in [0.2, 0.25) is 0 Å². The molecule has 1 aliphatic heterocycles. The van der Waals surface area contributed by atoms with Crippen LogP contribution in [0.1, 0.15) is 24.5 Å². The number of benzene rings is 1. The van der Waals surface area contributed by atoms with Crippen LogP contribution in [0.4, 0.5) is 13.2 Å². The van der Waals surface area contributed by atoms with Crippen molar-refractivity contribution in [3.05, 3.63) is 29.3 Å². The van der Waals surface area contributed by atoms with Gasteiger partial charge in [-0.2, -0.15) is 13.2 Å². The Hall–Kier alpha value is -0.720. The van der Waals surface area contributed by atoms with Crippen LogP contribution in [0.25, 0.3) is 0 Å². The predicted octanol–water partition coefficient (Wildman–Crippen LogP) is 3.70. The summed E-state index contributed by atoms with van der Waals surface area (Å²) in [5.74, 6) is 0. The molecular formula is C14H18F3NOS. The van der Waals surface area contributed by atoms with Crippen LogP contribution in [-0.2, 0) is 17.5 Å². The molecule has 0 aromatic heterocycles. The number of nitrogens with one attached hydrogen (secondary N) is 1.